The number of amides is 1. The van der Waals surface area contributed by atoms with Crippen LogP contribution < -0.4 is 10.1 Å². The molecule has 1 amide bonds. The standard InChI is InChI=1S/C19H16FN3O3S/c20-14-7-12(17-13(8-14)9-25-11-26-17)4-6-22-18(24)16-10-27-19(23-16)15-3-1-2-5-21-15/h1-3,5,7-8,10H,4,6,9,11H2,(H,22,24). The van der Waals surface area contributed by atoms with Crippen molar-refractivity contribution in [3.63, 3.8) is 0 Å². The first-order chi connectivity index (χ1) is 13.2. The highest BCUT2D eigenvalue weighted by molar-refractivity contribution is 7.13. The maximum Gasteiger partial charge on any atom is 0.270 e. The van der Waals surface area contributed by atoms with Crippen LogP contribution >= 0.6 is 11.3 Å². The smallest absolute Gasteiger partial charge is 0.270 e. The molecule has 0 fully saturated rings. The quantitative estimate of drug-likeness (QED) is 0.730. The molecule has 0 unspecified atom stereocenters. The second-order valence-corrected chi connectivity index (χ2v) is 6.78. The average molecular weight is 385 g/mol. The lowest BCUT2D eigenvalue weighted by Crippen LogP contribution is -2.26. The summed E-state index contributed by atoms with van der Waals surface area (Å²) in [6.07, 6.45) is 2.13. The summed E-state index contributed by atoms with van der Waals surface area (Å²) in [5.41, 5.74) is 2.46. The lowest BCUT2D eigenvalue weighted by molar-refractivity contribution is -0.0172. The first kappa shape index (κ1) is 17.6. The third-order valence-electron chi connectivity index (χ3n) is 4.05. The number of ether oxygens (including phenoxy) is 2. The van der Waals surface area contributed by atoms with Crippen LogP contribution in [0.15, 0.2) is 41.9 Å². The van der Waals surface area contributed by atoms with Crippen LogP contribution in [0.1, 0.15) is 21.6 Å². The minimum absolute atomic E-state index is 0.146. The summed E-state index contributed by atoms with van der Waals surface area (Å²) < 4.78 is 24.4. The minimum atomic E-state index is -0.344. The molecule has 8 heteroatoms. The number of nitrogens with one attached hydrogen (secondary N) is 1. The van der Waals surface area contributed by atoms with E-state index in [1.54, 1.807) is 11.6 Å². The van der Waals surface area contributed by atoms with E-state index in [1.165, 1.54) is 23.5 Å². The molecular weight excluding hydrogens is 369 g/mol. The molecule has 0 saturated heterocycles. The molecule has 1 aromatic carbocycles. The van der Waals surface area contributed by atoms with Crippen molar-refractivity contribution in [3.05, 3.63) is 64.5 Å². The van der Waals surface area contributed by atoms with Crippen molar-refractivity contribution < 1.29 is 18.7 Å². The van der Waals surface area contributed by atoms with Crippen LogP contribution in [0.5, 0.6) is 5.75 Å². The average Bonchev–Trinajstić information content (AvgIpc) is 3.19. The van der Waals surface area contributed by atoms with Crippen molar-refractivity contribution in [2.75, 3.05) is 13.3 Å². The second kappa shape index (κ2) is 7.81. The number of carbonyl (C=O) groups is 1. The van der Waals surface area contributed by atoms with Crippen molar-refractivity contribution in [2.24, 2.45) is 0 Å². The van der Waals surface area contributed by atoms with Gasteiger partial charge < -0.3 is 14.8 Å². The van der Waals surface area contributed by atoms with Gasteiger partial charge in [0.15, 0.2) is 6.79 Å². The van der Waals surface area contributed by atoms with Crippen LogP contribution in [0.4, 0.5) is 4.39 Å². The molecule has 3 aromatic rings. The number of halogens is 1. The Morgan fingerprint density at radius 2 is 2.26 bits per heavy atom. The Morgan fingerprint density at radius 3 is 3.11 bits per heavy atom. The van der Waals surface area contributed by atoms with Crippen LogP contribution in [0.2, 0.25) is 0 Å². The number of fused-ring (bicyclic) bond motifs is 1. The van der Waals surface area contributed by atoms with Gasteiger partial charge in [0, 0.05) is 23.7 Å². The highest BCUT2D eigenvalue weighted by Crippen LogP contribution is 2.29. The molecule has 0 saturated carbocycles. The van der Waals surface area contributed by atoms with Crippen molar-refractivity contribution >= 4 is 17.2 Å². The molecule has 0 aliphatic carbocycles. The Hall–Kier alpha value is -2.84. The number of nitrogens with zero attached hydrogens (tertiary/aromatic N) is 2. The third kappa shape index (κ3) is 3.96. The summed E-state index contributed by atoms with van der Waals surface area (Å²) in [7, 11) is 0. The molecule has 6 nitrogen and oxygen atoms in total. The number of hydrogen-bond donors (Lipinski definition) is 1. The molecule has 4 rings (SSSR count). The highest BCUT2D eigenvalue weighted by atomic mass is 32.1. The molecule has 0 atom stereocenters. The lowest BCUT2D eigenvalue weighted by Gasteiger charge is -2.20. The summed E-state index contributed by atoms with van der Waals surface area (Å²) >= 11 is 1.36. The molecule has 2 aromatic heterocycles. The van der Waals surface area contributed by atoms with Gasteiger partial charge >= 0.3 is 0 Å². The zero-order valence-electron chi connectivity index (χ0n) is 14.3. The zero-order valence-corrected chi connectivity index (χ0v) is 15.1. The molecule has 1 aliphatic heterocycles. The van der Waals surface area contributed by atoms with Gasteiger partial charge in [-0.25, -0.2) is 9.37 Å². The Bertz CT molecular complexity index is 962. The van der Waals surface area contributed by atoms with Gasteiger partial charge in [-0.2, -0.15) is 0 Å². The molecule has 1 N–H and O–H groups in total. The molecule has 0 spiro atoms. The number of aromatic nitrogens is 2. The van der Waals surface area contributed by atoms with Crippen LogP contribution in [-0.4, -0.2) is 29.2 Å². The van der Waals surface area contributed by atoms with Crippen LogP contribution in [0.3, 0.4) is 0 Å². The predicted octanol–water partition coefficient (Wildman–Crippen LogP) is 3.18. The number of benzene rings is 1. The van der Waals surface area contributed by atoms with E-state index in [4.69, 9.17) is 9.47 Å². The Morgan fingerprint density at radius 1 is 1.33 bits per heavy atom. The minimum Gasteiger partial charge on any atom is -0.467 e. The fourth-order valence-electron chi connectivity index (χ4n) is 2.83. The molecule has 3 heterocycles. The Kier molecular flexibility index (Phi) is 5.08. The van der Waals surface area contributed by atoms with E-state index in [2.05, 4.69) is 15.3 Å². The summed E-state index contributed by atoms with van der Waals surface area (Å²) in [6, 6.07) is 8.38. The number of thiazole rings is 1. The van der Waals surface area contributed by atoms with Gasteiger partial charge in [-0.1, -0.05) is 6.07 Å². The predicted molar refractivity (Wildman–Crippen MR) is 98.1 cm³/mol. The van der Waals surface area contributed by atoms with Crippen LogP contribution in [0, 0.1) is 5.82 Å². The fraction of sp³-hybridized carbons (Fsp3) is 0.211. The van der Waals surface area contributed by atoms with Crippen LogP contribution in [0.25, 0.3) is 10.7 Å². The fourth-order valence-corrected chi connectivity index (χ4v) is 3.60. The number of pyridine rings is 1. The molecule has 0 bridgehead atoms. The number of hydrogen-bond acceptors (Lipinski definition) is 6. The van der Waals surface area contributed by atoms with Gasteiger partial charge in [0.1, 0.15) is 22.3 Å². The molecule has 27 heavy (non-hydrogen) atoms. The molecule has 0 radical (unpaired) electrons. The van der Waals surface area contributed by atoms with Gasteiger partial charge in [-0.05, 0) is 36.2 Å². The maximum atomic E-state index is 13.8. The van der Waals surface area contributed by atoms with E-state index in [0.717, 1.165) is 5.69 Å². The van der Waals surface area contributed by atoms with E-state index in [1.807, 2.05) is 18.2 Å². The zero-order chi connectivity index (χ0) is 18.6. The van der Waals surface area contributed by atoms with E-state index in [-0.39, 0.29) is 18.5 Å². The van der Waals surface area contributed by atoms with E-state index in [9.17, 15) is 9.18 Å². The summed E-state index contributed by atoms with van der Waals surface area (Å²) in [6.45, 7) is 0.810. The molecular formula is C19H16FN3O3S. The summed E-state index contributed by atoms with van der Waals surface area (Å²) in [4.78, 5) is 20.9. The second-order valence-electron chi connectivity index (χ2n) is 5.92. The van der Waals surface area contributed by atoms with E-state index in [0.29, 0.717) is 47.2 Å². The highest BCUT2D eigenvalue weighted by Gasteiger charge is 2.17. The summed E-state index contributed by atoms with van der Waals surface area (Å²) in [5.74, 6) is 0.0228. The van der Waals surface area contributed by atoms with E-state index >= 15 is 0 Å². The Balaban J connectivity index is 1.39. The van der Waals surface area contributed by atoms with Crippen molar-refractivity contribution in [1.82, 2.24) is 15.3 Å². The van der Waals surface area contributed by atoms with Gasteiger partial charge in [0.2, 0.25) is 0 Å². The topological polar surface area (TPSA) is 73.3 Å². The maximum absolute atomic E-state index is 13.8. The van der Waals surface area contributed by atoms with Gasteiger partial charge in [0.25, 0.3) is 5.91 Å². The summed E-state index contributed by atoms with van der Waals surface area (Å²) in [5, 5.41) is 5.20. The monoisotopic (exact) mass is 385 g/mol. The molecule has 138 valence electrons. The number of carbonyl (C=O) groups excluding carboxylic acids is 1. The largest absolute Gasteiger partial charge is 0.467 e. The SMILES string of the molecule is O=C(NCCc1cc(F)cc2c1OCOC2)c1csc(-c2ccccn2)n1. The lowest BCUT2D eigenvalue weighted by atomic mass is 10.1. The third-order valence-corrected chi connectivity index (χ3v) is 4.92. The van der Waals surface area contributed by atoms with Crippen molar-refractivity contribution in [3.8, 4) is 16.5 Å². The van der Waals surface area contributed by atoms with Crippen molar-refractivity contribution in [2.45, 2.75) is 13.0 Å². The first-order valence-corrected chi connectivity index (χ1v) is 9.25. The Labute approximate surface area is 159 Å². The normalized spacial score (nSPS) is 12.9. The first-order valence-electron chi connectivity index (χ1n) is 8.37. The van der Waals surface area contributed by atoms with Gasteiger partial charge in [-0.3, -0.25) is 9.78 Å². The van der Waals surface area contributed by atoms with Gasteiger partial charge in [-0.15, -0.1) is 11.3 Å². The van der Waals surface area contributed by atoms with E-state index < -0.39 is 0 Å². The van der Waals surface area contributed by atoms with Crippen molar-refractivity contribution in [1.29, 1.82) is 0 Å². The molecule has 1 aliphatic rings. The van der Waals surface area contributed by atoms with Gasteiger partial charge in [0.05, 0.1) is 12.3 Å². The van der Waals surface area contributed by atoms with Crippen LogP contribution in [-0.2, 0) is 17.8 Å². The number of rotatable bonds is 5.